The Labute approximate surface area is 308 Å². The number of hydrogen-bond acceptors (Lipinski definition) is 12. The Morgan fingerprint density at radius 1 is 0.558 bits per heavy atom. The molecule has 0 aromatic carbocycles. The standard InChI is InChI=1S/C38H56N8O6/c1-25-31-21-29(49-19-17-45(11)35(47)51-37(5,6)7)22-32(43-31)26(2)41-15-16-42-28(4)34-24-30(23-33(44-34)27(3)40-14-13-39-25)50-20-18-46(12)36(48)52-38(8,9)10/h21-24H,13-20H2,1-12H3. The molecule has 2 aromatic heterocycles. The van der Waals surface area contributed by atoms with Crippen LogP contribution in [-0.2, 0) is 9.47 Å². The number of aliphatic imine (C=N–C) groups is 4. The van der Waals surface area contributed by atoms with Crippen LogP contribution in [0.2, 0.25) is 0 Å². The molecule has 2 amide bonds. The van der Waals surface area contributed by atoms with Crippen molar-refractivity contribution in [2.24, 2.45) is 20.0 Å². The van der Waals surface area contributed by atoms with Gasteiger partial charge in [0.1, 0.15) is 35.9 Å². The first-order chi connectivity index (χ1) is 24.3. The van der Waals surface area contributed by atoms with Crippen LogP contribution in [0.15, 0.2) is 44.2 Å². The molecule has 0 saturated carbocycles. The minimum absolute atomic E-state index is 0.261. The third kappa shape index (κ3) is 14.0. The van der Waals surface area contributed by atoms with E-state index < -0.39 is 23.4 Å². The molecule has 284 valence electrons. The van der Waals surface area contributed by atoms with Crippen molar-refractivity contribution in [3.05, 3.63) is 47.0 Å². The molecule has 2 aromatic rings. The fraction of sp³-hybridized carbons (Fsp3) is 0.579. The Hall–Kier alpha value is -4.88. The number of carbonyl (C=O) groups is 2. The van der Waals surface area contributed by atoms with E-state index in [4.69, 9.17) is 48.9 Å². The van der Waals surface area contributed by atoms with Gasteiger partial charge in [-0.2, -0.15) is 0 Å². The molecule has 1 aliphatic rings. The lowest BCUT2D eigenvalue weighted by molar-refractivity contribution is 0.0269. The van der Waals surface area contributed by atoms with E-state index in [0.717, 1.165) is 22.8 Å². The Morgan fingerprint density at radius 2 is 0.827 bits per heavy atom. The van der Waals surface area contributed by atoms with E-state index in [9.17, 15) is 9.59 Å². The second kappa shape index (κ2) is 18.6. The lowest BCUT2D eigenvalue weighted by atomic mass is 10.2. The average molecular weight is 721 g/mol. The molecule has 0 N–H and O–H groups in total. The number of aromatic nitrogens is 2. The van der Waals surface area contributed by atoms with Crippen molar-refractivity contribution in [2.75, 3.05) is 66.6 Å². The molecular formula is C38H56N8O6. The third-order valence-electron chi connectivity index (χ3n) is 7.48. The SMILES string of the molecule is CC1=NCCN=C(C)c2cc(OCCN(C)C(=O)OC(C)(C)C)cc(n2)C(C)=NCCN=C(C)c2cc(OCCN(C)C(=O)OC(C)(C)C)cc1n2. The van der Waals surface area contributed by atoms with Gasteiger partial charge in [0.25, 0.3) is 0 Å². The molecule has 0 radical (unpaired) electrons. The average Bonchev–Trinajstić information content (AvgIpc) is 3.05. The summed E-state index contributed by atoms with van der Waals surface area (Å²) in [5.74, 6) is 1.19. The van der Waals surface area contributed by atoms with Crippen LogP contribution < -0.4 is 9.47 Å². The Kier molecular flexibility index (Phi) is 14.8. The van der Waals surface area contributed by atoms with E-state index in [1.54, 1.807) is 14.1 Å². The summed E-state index contributed by atoms with van der Waals surface area (Å²) < 4.78 is 23.1. The van der Waals surface area contributed by atoms with E-state index >= 15 is 0 Å². The fourth-order valence-corrected chi connectivity index (χ4v) is 4.58. The summed E-state index contributed by atoms with van der Waals surface area (Å²) in [5, 5.41) is 0. The fourth-order valence-electron chi connectivity index (χ4n) is 4.58. The van der Waals surface area contributed by atoms with Gasteiger partial charge in [-0.15, -0.1) is 0 Å². The summed E-state index contributed by atoms with van der Waals surface area (Å²) in [6.07, 6.45) is -0.823. The van der Waals surface area contributed by atoms with Crippen LogP contribution in [0.4, 0.5) is 9.59 Å². The van der Waals surface area contributed by atoms with Crippen LogP contribution in [0.3, 0.4) is 0 Å². The first kappa shape index (κ1) is 41.5. The van der Waals surface area contributed by atoms with Crippen LogP contribution in [0, 0.1) is 0 Å². The van der Waals surface area contributed by atoms with Crippen molar-refractivity contribution >= 4 is 35.0 Å². The number of hydrogen-bond donors (Lipinski definition) is 0. The number of carbonyl (C=O) groups excluding carboxylic acids is 2. The largest absolute Gasteiger partial charge is 0.492 e. The van der Waals surface area contributed by atoms with Gasteiger partial charge in [-0.3, -0.25) is 20.0 Å². The summed E-state index contributed by atoms with van der Waals surface area (Å²) >= 11 is 0. The molecule has 0 unspecified atom stereocenters. The molecule has 52 heavy (non-hydrogen) atoms. The molecule has 14 heteroatoms. The molecule has 0 atom stereocenters. The highest BCUT2D eigenvalue weighted by Crippen LogP contribution is 2.19. The van der Waals surface area contributed by atoms with Crippen LogP contribution in [0.1, 0.15) is 92.0 Å². The zero-order valence-electron chi connectivity index (χ0n) is 33.0. The van der Waals surface area contributed by atoms with Crippen molar-refractivity contribution < 1.29 is 28.5 Å². The summed E-state index contributed by atoms with van der Waals surface area (Å²) in [6.45, 7) is 21.5. The van der Waals surface area contributed by atoms with Gasteiger partial charge in [0, 0.05) is 38.4 Å². The quantitative estimate of drug-likeness (QED) is 0.326. The molecule has 3 rings (SSSR count). The molecule has 0 aliphatic carbocycles. The summed E-state index contributed by atoms with van der Waals surface area (Å²) in [6, 6.07) is 7.36. The van der Waals surface area contributed by atoms with Gasteiger partial charge in [0.15, 0.2) is 0 Å². The highest BCUT2D eigenvalue weighted by atomic mass is 16.6. The molecule has 0 fully saturated rings. The van der Waals surface area contributed by atoms with E-state index in [1.165, 1.54) is 9.80 Å². The lowest BCUT2D eigenvalue weighted by Gasteiger charge is -2.24. The highest BCUT2D eigenvalue weighted by molar-refractivity contribution is 6.02. The number of fused-ring (bicyclic) bond motifs is 4. The smallest absolute Gasteiger partial charge is 0.410 e. The molecule has 14 nitrogen and oxygen atoms in total. The zero-order valence-corrected chi connectivity index (χ0v) is 33.0. The van der Waals surface area contributed by atoms with Crippen LogP contribution in [0.5, 0.6) is 11.5 Å². The van der Waals surface area contributed by atoms with Gasteiger partial charge in [0.2, 0.25) is 0 Å². The Morgan fingerprint density at radius 3 is 1.08 bits per heavy atom. The number of amides is 2. The second-order valence-corrected chi connectivity index (χ2v) is 14.5. The number of likely N-dealkylation sites (N-methyl/N-ethyl adjacent to an activating group) is 2. The van der Waals surface area contributed by atoms with Crippen molar-refractivity contribution in [3.8, 4) is 11.5 Å². The second-order valence-electron chi connectivity index (χ2n) is 14.5. The third-order valence-corrected chi connectivity index (χ3v) is 7.48. The first-order valence-electron chi connectivity index (χ1n) is 17.5. The van der Waals surface area contributed by atoms with Crippen LogP contribution >= 0.6 is 0 Å². The summed E-state index contributed by atoms with van der Waals surface area (Å²) in [7, 11) is 3.36. The Bertz CT molecular complexity index is 1490. The van der Waals surface area contributed by atoms with E-state index in [-0.39, 0.29) is 13.2 Å². The molecule has 0 spiro atoms. The zero-order chi connectivity index (χ0) is 38.6. The van der Waals surface area contributed by atoms with Crippen LogP contribution in [-0.4, -0.2) is 133 Å². The van der Waals surface area contributed by atoms with Gasteiger partial charge in [-0.25, -0.2) is 19.6 Å². The van der Waals surface area contributed by atoms with Gasteiger partial charge >= 0.3 is 12.2 Å². The van der Waals surface area contributed by atoms with Gasteiger partial charge in [-0.05, 0) is 69.2 Å². The first-order valence-corrected chi connectivity index (χ1v) is 17.5. The van der Waals surface area contributed by atoms with E-state index in [2.05, 4.69) is 0 Å². The van der Waals surface area contributed by atoms with Gasteiger partial charge in [0.05, 0.1) is 84.9 Å². The predicted molar refractivity (Wildman–Crippen MR) is 206 cm³/mol. The molecule has 3 heterocycles. The van der Waals surface area contributed by atoms with Crippen molar-refractivity contribution in [1.82, 2.24) is 19.8 Å². The summed E-state index contributed by atoms with van der Waals surface area (Å²) in [5.41, 5.74) is 4.39. The van der Waals surface area contributed by atoms with Crippen molar-refractivity contribution in [2.45, 2.75) is 80.4 Å². The van der Waals surface area contributed by atoms with Gasteiger partial charge < -0.3 is 28.7 Å². The molecule has 1 aliphatic heterocycles. The number of pyridine rings is 2. The monoisotopic (exact) mass is 720 g/mol. The molecule has 0 saturated heterocycles. The van der Waals surface area contributed by atoms with Crippen molar-refractivity contribution in [1.29, 1.82) is 0 Å². The maximum absolute atomic E-state index is 12.4. The number of ether oxygens (including phenoxy) is 4. The van der Waals surface area contributed by atoms with E-state index in [0.29, 0.717) is 73.5 Å². The normalized spacial score (nSPS) is 14.4. The minimum Gasteiger partial charge on any atom is -0.492 e. The minimum atomic E-state index is -0.579. The maximum atomic E-state index is 12.4. The van der Waals surface area contributed by atoms with E-state index in [1.807, 2.05) is 93.5 Å². The summed E-state index contributed by atoms with van der Waals surface area (Å²) in [4.78, 5) is 56.4. The van der Waals surface area contributed by atoms with Crippen molar-refractivity contribution in [3.63, 3.8) is 0 Å². The van der Waals surface area contributed by atoms with Gasteiger partial charge in [-0.1, -0.05) is 0 Å². The molecule has 4 bridgehead atoms. The number of rotatable bonds is 8. The topological polar surface area (TPSA) is 153 Å². The highest BCUT2D eigenvalue weighted by Gasteiger charge is 2.21. The Balaban J connectivity index is 1.81. The predicted octanol–water partition coefficient (Wildman–Crippen LogP) is 5.92. The maximum Gasteiger partial charge on any atom is 0.410 e. The lowest BCUT2D eigenvalue weighted by Crippen LogP contribution is -2.36. The number of nitrogens with zero attached hydrogens (tertiary/aromatic N) is 8. The van der Waals surface area contributed by atoms with Crippen LogP contribution in [0.25, 0.3) is 0 Å². The molecular weight excluding hydrogens is 664 g/mol.